The predicted molar refractivity (Wildman–Crippen MR) is 90.0 cm³/mol. The number of piperidine rings is 2. The van der Waals surface area contributed by atoms with Gasteiger partial charge in [-0.05, 0) is 37.8 Å². The van der Waals surface area contributed by atoms with Crippen LogP contribution in [0.15, 0.2) is 23.1 Å². The van der Waals surface area contributed by atoms with E-state index >= 15 is 0 Å². The van der Waals surface area contributed by atoms with Gasteiger partial charge in [-0.1, -0.05) is 17.7 Å². The summed E-state index contributed by atoms with van der Waals surface area (Å²) in [7, 11) is -3.90. The molecule has 3 rings (SSSR count). The summed E-state index contributed by atoms with van der Waals surface area (Å²) in [6.07, 6.45) is 2.83. The molecule has 24 heavy (non-hydrogen) atoms. The van der Waals surface area contributed by atoms with Gasteiger partial charge < -0.3 is 5.11 Å². The van der Waals surface area contributed by atoms with Gasteiger partial charge in [0.15, 0.2) is 5.82 Å². The second-order valence-corrected chi connectivity index (χ2v) is 8.79. The van der Waals surface area contributed by atoms with Gasteiger partial charge in [-0.15, -0.1) is 0 Å². The second kappa shape index (κ2) is 7.25. The number of hydrogen-bond acceptors (Lipinski definition) is 4. The molecule has 2 aliphatic rings. The van der Waals surface area contributed by atoms with Gasteiger partial charge in [-0.25, -0.2) is 12.8 Å². The molecule has 2 fully saturated rings. The molecule has 0 aromatic heterocycles. The maximum Gasteiger partial charge on any atom is 0.246 e. The Hall–Kier alpha value is -0.730. The third-order valence-corrected chi connectivity index (χ3v) is 7.08. The fourth-order valence-electron chi connectivity index (χ4n) is 3.51. The Kier molecular flexibility index (Phi) is 5.46. The fourth-order valence-corrected chi connectivity index (χ4v) is 5.34. The summed E-state index contributed by atoms with van der Waals surface area (Å²) in [6, 6.07) is 4.17. The Balaban J connectivity index is 1.77. The van der Waals surface area contributed by atoms with Crippen molar-refractivity contribution in [2.75, 3.05) is 26.2 Å². The minimum Gasteiger partial charge on any atom is -0.393 e. The lowest BCUT2D eigenvalue weighted by Crippen LogP contribution is -2.52. The third kappa shape index (κ3) is 3.60. The maximum atomic E-state index is 14.2. The van der Waals surface area contributed by atoms with Crippen molar-refractivity contribution in [1.82, 2.24) is 9.21 Å². The summed E-state index contributed by atoms with van der Waals surface area (Å²) in [5, 5.41) is 9.44. The lowest BCUT2D eigenvalue weighted by molar-refractivity contribution is 0.0455. The summed E-state index contributed by atoms with van der Waals surface area (Å²) >= 11 is 5.73. The number of likely N-dealkylation sites (tertiary alicyclic amines) is 1. The molecule has 0 spiro atoms. The summed E-state index contributed by atoms with van der Waals surface area (Å²) in [5.74, 6) is -0.887. The van der Waals surface area contributed by atoms with Crippen LogP contribution in [-0.2, 0) is 10.0 Å². The topological polar surface area (TPSA) is 60.9 Å². The highest BCUT2D eigenvalue weighted by atomic mass is 35.5. The molecule has 0 saturated carbocycles. The molecule has 1 aromatic rings. The molecule has 0 bridgehead atoms. The number of sulfonamides is 1. The summed E-state index contributed by atoms with van der Waals surface area (Å²) in [6.45, 7) is 2.28. The Morgan fingerprint density at radius 3 is 2.58 bits per heavy atom. The van der Waals surface area contributed by atoms with Crippen LogP contribution in [0.4, 0.5) is 4.39 Å². The van der Waals surface area contributed by atoms with E-state index in [2.05, 4.69) is 4.90 Å². The van der Waals surface area contributed by atoms with Crippen molar-refractivity contribution in [2.24, 2.45) is 0 Å². The number of aliphatic hydroxyl groups excluding tert-OH is 1. The average molecular weight is 377 g/mol. The van der Waals surface area contributed by atoms with Gasteiger partial charge in [0.1, 0.15) is 4.90 Å². The highest BCUT2D eigenvalue weighted by Gasteiger charge is 2.35. The zero-order valence-electron chi connectivity index (χ0n) is 13.4. The highest BCUT2D eigenvalue weighted by Crippen LogP contribution is 2.28. The minimum absolute atomic E-state index is 0.114. The van der Waals surface area contributed by atoms with Crippen molar-refractivity contribution in [2.45, 2.75) is 42.7 Å². The first kappa shape index (κ1) is 18.1. The van der Waals surface area contributed by atoms with Gasteiger partial charge in [0.25, 0.3) is 0 Å². The molecular weight excluding hydrogens is 355 g/mol. The molecule has 134 valence electrons. The van der Waals surface area contributed by atoms with E-state index < -0.39 is 15.8 Å². The quantitative estimate of drug-likeness (QED) is 0.877. The first-order valence-corrected chi connectivity index (χ1v) is 10.1. The van der Waals surface area contributed by atoms with Crippen LogP contribution >= 0.6 is 11.6 Å². The van der Waals surface area contributed by atoms with E-state index in [4.69, 9.17) is 11.6 Å². The fraction of sp³-hybridized carbons (Fsp3) is 0.625. The Bertz CT molecular complexity index is 693. The Morgan fingerprint density at radius 2 is 1.88 bits per heavy atom. The van der Waals surface area contributed by atoms with Crippen LogP contribution in [0.1, 0.15) is 25.7 Å². The van der Waals surface area contributed by atoms with E-state index in [0.717, 1.165) is 25.9 Å². The van der Waals surface area contributed by atoms with Crippen molar-refractivity contribution in [1.29, 1.82) is 0 Å². The Labute approximate surface area is 147 Å². The average Bonchev–Trinajstić information content (AvgIpc) is 2.58. The largest absolute Gasteiger partial charge is 0.393 e. The zero-order chi connectivity index (χ0) is 17.3. The predicted octanol–water partition coefficient (Wildman–Crippen LogP) is 2.09. The molecule has 0 amide bonds. The molecule has 1 atom stereocenters. The molecule has 0 radical (unpaired) electrons. The van der Waals surface area contributed by atoms with Crippen LogP contribution in [0.25, 0.3) is 0 Å². The lowest BCUT2D eigenvalue weighted by Gasteiger charge is -2.41. The zero-order valence-corrected chi connectivity index (χ0v) is 14.9. The first-order valence-electron chi connectivity index (χ1n) is 8.26. The summed E-state index contributed by atoms with van der Waals surface area (Å²) < 4.78 is 41.2. The molecule has 8 heteroatoms. The van der Waals surface area contributed by atoms with Crippen molar-refractivity contribution in [3.8, 4) is 0 Å². The SMILES string of the molecule is O=S(=O)(c1cccc(Cl)c1F)N1CCC[C@H](N2CCC(O)CC2)C1. The maximum absolute atomic E-state index is 14.2. The van der Waals surface area contributed by atoms with E-state index in [9.17, 15) is 17.9 Å². The van der Waals surface area contributed by atoms with Crippen LogP contribution in [0, 0.1) is 5.82 Å². The van der Waals surface area contributed by atoms with Gasteiger partial charge in [0, 0.05) is 32.2 Å². The number of rotatable bonds is 3. The standard InChI is InChI=1S/C16H22ClFN2O3S/c17-14-4-1-5-15(16(14)18)24(22,23)20-8-2-3-12(11-20)19-9-6-13(21)7-10-19/h1,4-5,12-13,21H,2-3,6-11H2/t12-/m0/s1. The van der Waals surface area contributed by atoms with Gasteiger partial charge in [0.05, 0.1) is 11.1 Å². The van der Waals surface area contributed by atoms with E-state index in [0.29, 0.717) is 25.9 Å². The number of aliphatic hydroxyl groups is 1. The smallest absolute Gasteiger partial charge is 0.246 e. The third-order valence-electron chi connectivity index (χ3n) is 4.91. The summed E-state index contributed by atoms with van der Waals surface area (Å²) in [5.41, 5.74) is 0. The van der Waals surface area contributed by atoms with Gasteiger partial charge in [-0.3, -0.25) is 4.90 Å². The molecule has 1 aromatic carbocycles. The monoisotopic (exact) mass is 376 g/mol. The molecule has 5 nitrogen and oxygen atoms in total. The van der Waals surface area contributed by atoms with Crippen molar-refractivity contribution in [3.05, 3.63) is 29.0 Å². The molecule has 0 aliphatic carbocycles. The van der Waals surface area contributed by atoms with Crippen molar-refractivity contribution in [3.63, 3.8) is 0 Å². The van der Waals surface area contributed by atoms with Gasteiger partial charge in [-0.2, -0.15) is 4.31 Å². The minimum atomic E-state index is -3.90. The van der Waals surface area contributed by atoms with E-state index in [1.54, 1.807) is 0 Å². The first-order chi connectivity index (χ1) is 11.4. The Morgan fingerprint density at radius 1 is 1.17 bits per heavy atom. The van der Waals surface area contributed by atoms with Crippen LogP contribution in [0.5, 0.6) is 0 Å². The van der Waals surface area contributed by atoms with Crippen molar-refractivity contribution >= 4 is 21.6 Å². The molecule has 2 saturated heterocycles. The number of halogens is 2. The molecule has 2 heterocycles. The molecular formula is C16H22ClFN2O3S. The van der Waals surface area contributed by atoms with E-state index in [1.807, 2.05) is 0 Å². The number of benzene rings is 1. The van der Waals surface area contributed by atoms with Crippen LogP contribution in [-0.4, -0.2) is 61.1 Å². The van der Waals surface area contributed by atoms with Crippen LogP contribution in [0.2, 0.25) is 5.02 Å². The van der Waals surface area contributed by atoms with Crippen LogP contribution in [0.3, 0.4) is 0 Å². The summed E-state index contributed by atoms with van der Waals surface area (Å²) in [4.78, 5) is 1.88. The van der Waals surface area contributed by atoms with Gasteiger partial charge >= 0.3 is 0 Å². The molecule has 1 N–H and O–H groups in total. The van der Waals surface area contributed by atoms with Crippen molar-refractivity contribution < 1.29 is 17.9 Å². The van der Waals surface area contributed by atoms with Gasteiger partial charge in [0.2, 0.25) is 10.0 Å². The van der Waals surface area contributed by atoms with E-state index in [-0.39, 0.29) is 22.1 Å². The highest BCUT2D eigenvalue weighted by molar-refractivity contribution is 7.89. The second-order valence-electron chi connectivity index (χ2n) is 6.48. The van der Waals surface area contributed by atoms with Crippen LogP contribution < -0.4 is 0 Å². The normalized spacial score (nSPS) is 25.0. The number of hydrogen-bond donors (Lipinski definition) is 1. The van der Waals surface area contributed by atoms with E-state index in [1.165, 1.54) is 22.5 Å². The lowest BCUT2D eigenvalue weighted by atomic mass is 10.0. The molecule has 2 aliphatic heterocycles. The number of nitrogens with zero attached hydrogens (tertiary/aromatic N) is 2. The molecule has 0 unspecified atom stereocenters.